The van der Waals surface area contributed by atoms with E-state index in [0.717, 1.165) is 49.5 Å². The van der Waals surface area contributed by atoms with E-state index in [4.69, 9.17) is 4.74 Å². The van der Waals surface area contributed by atoms with Crippen molar-refractivity contribution in [2.24, 2.45) is 0 Å². The Morgan fingerprint density at radius 1 is 1.33 bits per heavy atom. The minimum atomic E-state index is 0.0199. The van der Waals surface area contributed by atoms with Crippen LogP contribution in [0.25, 0.3) is 0 Å². The highest BCUT2D eigenvalue weighted by molar-refractivity contribution is 5.84. The summed E-state index contributed by atoms with van der Waals surface area (Å²) >= 11 is 0. The molecule has 0 aliphatic carbocycles. The van der Waals surface area contributed by atoms with E-state index in [0.29, 0.717) is 6.54 Å². The first-order valence-electron chi connectivity index (χ1n) is 8.46. The molecule has 124 valence electrons. The van der Waals surface area contributed by atoms with Gasteiger partial charge >= 0.3 is 0 Å². The molecule has 0 radical (unpaired) electrons. The van der Waals surface area contributed by atoms with Crippen LogP contribution in [0.5, 0.6) is 5.75 Å². The monoisotopic (exact) mass is 323 g/mol. The van der Waals surface area contributed by atoms with Gasteiger partial charge < -0.3 is 10.1 Å². The summed E-state index contributed by atoms with van der Waals surface area (Å²) in [5.41, 5.74) is 3.45. The van der Waals surface area contributed by atoms with Gasteiger partial charge in [0.15, 0.2) is 0 Å². The van der Waals surface area contributed by atoms with E-state index in [9.17, 15) is 4.79 Å². The number of hydrogen-bond acceptors (Lipinski definition) is 4. The third-order valence-corrected chi connectivity index (χ3v) is 4.62. The van der Waals surface area contributed by atoms with E-state index >= 15 is 0 Å². The number of hydrogen-bond donors (Lipinski definition) is 1. The Kier molecular flexibility index (Phi) is 4.17. The predicted molar refractivity (Wildman–Crippen MR) is 90.8 cm³/mol. The average Bonchev–Trinajstić information content (AvgIpc) is 3.26. The Labute approximate surface area is 141 Å². The van der Waals surface area contributed by atoms with Crippen molar-refractivity contribution in [1.29, 1.82) is 0 Å². The fourth-order valence-electron chi connectivity index (χ4n) is 3.13. The van der Waals surface area contributed by atoms with E-state index in [1.165, 1.54) is 5.56 Å². The Morgan fingerprint density at radius 3 is 3.17 bits per heavy atom. The van der Waals surface area contributed by atoms with Crippen LogP contribution in [0.4, 0.5) is 0 Å². The zero-order valence-corrected chi connectivity index (χ0v) is 13.6. The highest BCUT2D eigenvalue weighted by Crippen LogP contribution is 2.26. The molecule has 5 nitrogen and oxygen atoms in total. The molecule has 3 heterocycles. The average molecular weight is 323 g/mol. The molecule has 2 aliphatic heterocycles. The van der Waals surface area contributed by atoms with Crippen LogP contribution in [-0.4, -0.2) is 41.5 Å². The van der Waals surface area contributed by atoms with Gasteiger partial charge in [0.05, 0.1) is 6.61 Å². The highest BCUT2D eigenvalue weighted by atomic mass is 16.5. The molecule has 24 heavy (non-hydrogen) atoms. The molecule has 1 aromatic heterocycles. The van der Waals surface area contributed by atoms with Gasteiger partial charge in [-0.1, -0.05) is 18.2 Å². The smallest absolute Gasteiger partial charge is 0.238 e. The molecule has 2 atom stereocenters. The van der Waals surface area contributed by atoms with Gasteiger partial charge in [-0.25, -0.2) is 0 Å². The minimum absolute atomic E-state index is 0.0199. The second-order valence-corrected chi connectivity index (χ2v) is 6.34. The molecule has 2 aliphatic rings. The van der Waals surface area contributed by atoms with Gasteiger partial charge in [-0.2, -0.15) is 0 Å². The SMILES string of the molecule is O=C(NCc1ccc2c(c1)CCO2)C1CN1CCc1ccccn1. The number of amides is 1. The number of nitrogens with one attached hydrogen (secondary N) is 1. The van der Waals surface area contributed by atoms with Gasteiger partial charge in [-0.3, -0.25) is 14.7 Å². The summed E-state index contributed by atoms with van der Waals surface area (Å²) in [6.45, 7) is 3.07. The van der Waals surface area contributed by atoms with E-state index < -0.39 is 0 Å². The van der Waals surface area contributed by atoms with Crippen LogP contribution in [0.1, 0.15) is 16.8 Å². The summed E-state index contributed by atoms with van der Waals surface area (Å²) in [5, 5.41) is 3.04. The van der Waals surface area contributed by atoms with Crippen molar-refractivity contribution < 1.29 is 9.53 Å². The van der Waals surface area contributed by atoms with Crippen LogP contribution in [0, 0.1) is 0 Å². The maximum absolute atomic E-state index is 12.2. The van der Waals surface area contributed by atoms with Crippen LogP contribution >= 0.6 is 0 Å². The molecule has 1 aromatic carbocycles. The second-order valence-electron chi connectivity index (χ2n) is 6.34. The fraction of sp³-hybridized carbons (Fsp3) is 0.368. The number of ether oxygens (including phenoxy) is 1. The Morgan fingerprint density at radius 2 is 2.29 bits per heavy atom. The van der Waals surface area contributed by atoms with Crippen LogP contribution in [0.15, 0.2) is 42.6 Å². The lowest BCUT2D eigenvalue weighted by atomic mass is 10.1. The largest absolute Gasteiger partial charge is 0.493 e. The van der Waals surface area contributed by atoms with E-state index in [-0.39, 0.29) is 11.9 Å². The van der Waals surface area contributed by atoms with Crippen molar-refractivity contribution in [2.75, 3.05) is 19.7 Å². The number of fused-ring (bicyclic) bond motifs is 1. The van der Waals surface area contributed by atoms with Crippen molar-refractivity contribution in [3.8, 4) is 5.75 Å². The standard InChI is InChI=1S/C19H21N3O2/c23-19(17-13-22(17)9-6-16-3-1-2-8-20-16)21-12-14-4-5-18-15(11-14)7-10-24-18/h1-5,8,11,17H,6-7,9-10,12-13H2,(H,21,23). The Bertz CT molecular complexity index is 733. The van der Waals surface area contributed by atoms with Gasteiger partial charge in [0, 0.05) is 44.4 Å². The van der Waals surface area contributed by atoms with Gasteiger partial charge in [0.2, 0.25) is 5.91 Å². The normalized spacial score (nSPS) is 21.0. The number of aromatic nitrogens is 1. The van der Waals surface area contributed by atoms with E-state index in [1.54, 1.807) is 0 Å². The van der Waals surface area contributed by atoms with Gasteiger partial charge in [-0.15, -0.1) is 0 Å². The number of benzene rings is 1. The number of rotatable bonds is 6. The quantitative estimate of drug-likeness (QED) is 0.820. The van der Waals surface area contributed by atoms with E-state index in [2.05, 4.69) is 21.3 Å². The first kappa shape index (κ1) is 15.1. The summed E-state index contributed by atoms with van der Waals surface area (Å²) in [4.78, 5) is 18.7. The Balaban J connectivity index is 1.23. The maximum atomic E-state index is 12.2. The molecular formula is C19H21N3O2. The third kappa shape index (κ3) is 3.41. The number of carbonyl (C=O) groups excluding carboxylic acids is 1. The summed E-state index contributed by atoms with van der Waals surface area (Å²) in [6.07, 6.45) is 3.65. The summed E-state index contributed by atoms with van der Waals surface area (Å²) < 4.78 is 5.51. The van der Waals surface area contributed by atoms with Crippen molar-refractivity contribution in [3.63, 3.8) is 0 Å². The lowest BCUT2D eigenvalue weighted by Gasteiger charge is -2.07. The zero-order valence-electron chi connectivity index (χ0n) is 13.6. The van der Waals surface area contributed by atoms with Crippen molar-refractivity contribution in [3.05, 3.63) is 59.4 Å². The maximum Gasteiger partial charge on any atom is 0.238 e. The molecule has 2 unspecified atom stereocenters. The van der Waals surface area contributed by atoms with Crippen molar-refractivity contribution in [1.82, 2.24) is 15.2 Å². The van der Waals surface area contributed by atoms with Gasteiger partial charge in [0.1, 0.15) is 11.8 Å². The van der Waals surface area contributed by atoms with Crippen LogP contribution in [0.3, 0.4) is 0 Å². The molecular weight excluding hydrogens is 302 g/mol. The lowest BCUT2D eigenvalue weighted by Crippen LogP contribution is -2.30. The zero-order chi connectivity index (χ0) is 16.4. The summed E-state index contributed by atoms with van der Waals surface area (Å²) in [5.74, 6) is 1.10. The molecule has 2 aromatic rings. The molecule has 0 spiro atoms. The van der Waals surface area contributed by atoms with Crippen LogP contribution < -0.4 is 10.1 Å². The predicted octanol–water partition coefficient (Wildman–Crippen LogP) is 1.56. The first-order valence-corrected chi connectivity index (χ1v) is 8.46. The summed E-state index contributed by atoms with van der Waals surface area (Å²) in [7, 11) is 0. The topological polar surface area (TPSA) is 54.2 Å². The number of pyridine rings is 1. The fourth-order valence-corrected chi connectivity index (χ4v) is 3.13. The van der Waals surface area contributed by atoms with Gasteiger partial charge in [-0.05, 0) is 29.3 Å². The van der Waals surface area contributed by atoms with Crippen LogP contribution in [-0.2, 0) is 24.2 Å². The molecule has 0 bridgehead atoms. The highest BCUT2D eigenvalue weighted by Gasteiger charge is 2.39. The number of nitrogens with zero attached hydrogens (tertiary/aromatic N) is 2. The second kappa shape index (κ2) is 6.61. The molecule has 0 saturated carbocycles. The number of carbonyl (C=O) groups is 1. The third-order valence-electron chi connectivity index (χ3n) is 4.62. The molecule has 1 saturated heterocycles. The van der Waals surface area contributed by atoms with Crippen molar-refractivity contribution >= 4 is 5.91 Å². The molecule has 4 rings (SSSR count). The minimum Gasteiger partial charge on any atom is -0.493 e. The molecule has 1 N–H and O–H groups in total. The lowest BCUT2D eigenvalue weighted by molar-refractivity contribution is -0.121. The van der Waals surface area contributed by atoms with Gasteiger partial charge in [0.25, 0.3) is 0 Å². The molecule has 5 heteroatoms. The first-order chi connectivity index (χ1) is 11.8. The summed E-state index contributed by atoms with van der Waals surface area (Å²) in [6, 6.07) is 12.1. The molecule has 1 fully saturated rings. The van der Waals surface area contributed by atoms with Crippen molar-refractivity contribution in [2.45, 2.75) is 25.4 Å². The van der Waals surface area contributed by atoms with E-state index in [1.807, 2.05) is 36.5 Å². The molecule has 1 amide bonds. The Hall–Kier alpha value is -2.40. The van der Waals surface area contributed by atoms with Crippen LogP contribution in [0.2, 0.25) is 0 Å².